The maximum absolute atomic E-state index is 13.7. The van der Waals surface area contributed by atoms with Gasteiger partial charge >= 0.3 is 14.8 Å². The number of ether oxygens (including phenoxy) is 2. The summed E-state index contributed by atoms with van der Waals surface area (Å²) in [6.45, 7) is -0.288. The van der Waals surface area contributed by atoms with E-state index >= 15 is 0 Å². The molecule has 0 amide bonds. The van der Waals surface area contributed by atoms with Crippen molar-refractivity contribution in [3.8, 4) is 22.1 Å². The molecule has 3 rings (SSSR count). The minimum atomic E-state index is -4.71. The third-order valence-electron chi connectivity index (χ3n) is 4.61. The van der Waals surface area contributed by atoms with E-state index < -0.39 is 38.0 Å². The van der Waals surface area contributed by atoms with Gasteiger partial charge in [0.25, 0.3) is 0 Å². The van der Waals surface area contributed by atoms with Crippen molar-refractivity contribution in [2.24, 2.45) is 5.73 Å². The van der Waals surface area contributed by atoms with Crippen molar-refractivity contribution in [1.29, 1.82) is 0 Å². The van der Waals surface area contributed by atoms with Gasteiger partial charge in [0.1, 0.15) is 21.6 Å². The predicted octanol–water partition coefficient (Wildman–Crippen LogP) is 4.97. The molecule has 0 aliphatic carbocycles. The minimum absolute atomic E-state index is 0.0274. The smallest absolute Gasteiger partial charge is 0.419 e. The average Bonchev–Trinajstić information content (AvgIpc) is 3.31. The summed E-state index contributed by atoms with van der Waals surface area (Å²) in [6, 6.07) is 5.42. The Morgan fingerprint density at radius 1 is 0.972 bits per heavy atom. The molecule has 0 saturated carbocycles. The summed E-state index contributed by atoms with van der Waals surface area (Å²) in [4.78, 5) is 17.6. The molecule has 0 bridgehead atoms. The lowest BCUT2D eigenvalue weighted by atomic mass is 10.1. The van der Waals surface area contributed by atoms with E-state index in [0.29, 0.717) is 12.8 Å². The molecule has 1 aromatic heterocycles. The standard InChI is InChI=1S/C21H21F5N3O5PS/c22-13-4-5-15(23)18(10-13)33-8-2-1-7-32-17-6-3-12(9-14(17)21(24,25)26)19-28-29-20(36-19)16(27)11-34-35(30)31/h3-6,9-10,16,30-31H,1-2,7-8,11,27H2. The first-order chi connectivity index (χ1) is 17.0. The number of halogens is 5. The Balaban J connectivity index is 1.59. The van der Waals surface area contributed by atoms with E-state index in [0.717, 1.165) is 35.6 Å². The van der Waals surface area contributed by atoms with Gasteiger partial charge in [0.15, 0.2) is 11.6 Å². The van der Waals surface area contributed by atoms with Gasteiger partial charge in [-0.3, -0.25) is 0 Å². The first kappa shape index (κ1) is 28.1. The molecule has 3 aromatic rings. The zero-order valence-corrected chi connectivity index (χ0v) is 20.1. The van der Waals surface area contributed by atoms with E-state index in [1.165, 1.54) is 12.1 Å². The fourth-order valence-corrected chi connectivity index (χ4v) is 4.01. The van der Waals surface area contributed by atoms with Gasteiger partial charge in [-0.15, -0.1) is 10.2 Å². The van der Waals surface area contributed by atoms with Crippen molar-refractivity contribution in [3.63, 3.8) is 0 Å². The molecular formula is C21H21F5N3O5PS. The second kappa shape index (κ2) is 12.7. The summed E-state index contributed by atoms with van der Waals surface area (Å²) in [6.07, 6.45) is -4.07. The second-order valence-electron chi connectivity index (χ2n) is 7.29. The third-order valence-corrected chi connectivity index (χ3v) is 6.09. The molecule has 8 nitrogen and oxygen atoms in total. The number of hydrogen-bond acceptors (Lipinski definition) is 9. The number of aromatic nitrogens is 2. The van der Waals surface area contributed by atoms with Crippen LogP contribution in [0, 0.1) is 11.6 Å². The first-order valence-corrected chi connectivity index (χ1v) is 12.3. The fraction of sp³-hybridized carbons (Fsp3) is 0.333. The molecule has 0 radical (unpaired) electrons. The highest BCUT2D eigenvalue weighted by Crippen LogP contribution is 2.39. The van der Waals surface area contributed by atoms with Gasteiger partial charge in [0, 0.05) is 11.6 Å². The fourth-order valence-electron chi connectivity index (χ4n) is 2.89. The van der Waals surface area contributed by atoms with E-state index in [4.69, 9.17) is 25.0 Å². The largest absolute Gasteiger partial charge is 0.493 e. The number of alkyl halides is 3. The van der Waals surface area contributed by atoms with Crippen LogP contribution < -0.4 is 15.2 Å². The molecule has 4 N–H and O–H groups in total. The normalized spacial score (nSPS) is 12.7. The molecular weight excluding hydrogens is 532 g/mol. The highest BCUT2D eigenvalue weighted by molar-refractivity contribution is 7.39. The van der Waals surface area contributed by atoms with E-state index in [9.17, 15) is 22.0 Å². The Kier molecular flexibility index (Phi) is 9.88. The molecule has 0 aliphatic heterocycles. The Bertz CT molecular complexity index is 1150. The van der Waals surface area contributed by atoms with Crippen LogP contribution in [0.2, 0.25) is 0 Å². The second-order valence-corrected chi connectivity index (χ2v) is 9.06. The quantitative estimate of drug-likeness (QED) is 0.164. The molecule has 36 heavy (non-hydrogen) atoms. The van der Waals surface area contributed by atoms with Gasteiger partial charge in [-0.2, -0.15) is 13.2 Å². The minimum Gasteiger partial charge on any atom is -0.493 e. The Morgan fingerprint density at radius 2 is 1.67 bits per heavy atom. The maximum atomic E-state index is 13.7. The molecule has 1 unspecified atom stereocenters. The molecule has 0 fully saturated rings. The van der Waals surface area contributed by atoms with E-state index in [-0.39, 0.29) is 46.9 Å². The number of nitrogens with two attached hydrogens (primary N) is 1. The summed E-state index contributed by atoms with van der Waals surface area (Å²) < 4.78 is 82.8. The van der Waals surface area contributed by atoms with Crippen molar-refractivity contribution < 1.29 is 45.7 Å². The van der Waals surface area contributed by atoms with E-state index in [1.807, 2.05) is 0 Å². The number of hydrogen-bond donors (Lipinski definition) is 3. The third kappa shape index (κ3) is 8.02. The average molecular weight is 553 g/mol. The number of rotatable bonds is 12. The molecule has 1 atom stereocenters. The van der Waals surface area contributed by atoms with Crippen LogP contribution in [-0.2, 0) is 10.7 Å². The van der Waals surface area contributed by atoms with E-state index in [2.05, 4.69) is 14.7 Å². The summed E-state index contributed by atoms with van der Waals surface area (Å²) in [5, 5.41) is 8.12. The molecule has 0 saturated heterocycles. The summed E-state index contributed by atoms with van der Waals surface area (Å²) in [5.41, 5.74) is 4.96. The van der Waals surface area contributed by atoms with Crippen LogP contribution >= 0.6 is 19.9 Å². The highest BCUT2D eigenvalue weighted by Gasteiger charge is 2.35. The van der Waals surface area contributed by atoms with E-state index in [1.54, 1.807) is 0 Å². The Morgan fingerprint density at radius 3 is 2.33 bits per heavy atom. The lowest BCUT2D eigenvalue weighted by Crippen LogP contribution is -2.15. The zero-order chi connectivity index (χ0) is 26.3. The maximum Gasteiger partial charge on any atom is 0.419 e. The number of benzene rings is 2. The summed E-state index contributed by atoms with van der Waals surface area (Å²) in [7, 11) is -2.60. The van der Waals surface area contributed by atoms with Crippen LogP contribution in [0.1, 0.15) is 29.5 Å². The molecule has 0 aliphatic rings. The van der Waals surface area contributed by atoms with Crippen molar-refractivity contribution >= 4 is 19.9 Å². The van der Waals surface area contributed by atoms with Gasteiger partial charge in [-0.05, 0) is 43.2 Å². The summed E-state index contributed by atoms with van der Waals surface area (Å²) >= 11 is 0.942. The number of nitrogens with zero attached hydrogens (tertiary/aromatic N) is 2. The van der Waals surface area contributed by atoms with Gasteiger partial charge in [-0.1, -0.05) is 11.3 Å². The van der Waals surface area contributed by atoms with Crippen LogP contribution in [0.5, 0.6) is 11.5 Å². The lowest BCUT2D eigenvalue weighted by molar-refractivity contribution is -0.138. The monoisotopic (exact) mass is 553 g/mol. The summed E-state index contributed by atoms with van der Waals surface area (Å²) in [5.74, 6) is -1.99. The molecule has 1 heterocycles. The topological polar surface area (TPSA) is 120 Å². The van der Waals surface area contributed by atoms with Crippen molar-refractivity contribution in [2.75, 3.05) is 19.8 Å². The predicted molar refractivity (Wildman–Crippen MR) is 121 cm³/mol. The van der Waals surface area contributed by atoms with Crippen LogP contribution in [0.15, 0.2) is 36.4 Å². The van der Waals surface area contributed by atoms with Gasteiger partial charge in [-0.25, -0.2) is 8.78 Å². The van der Waals surface area contributed by atoms with Crippen molar-refractivity contribution in [1.82, 2.24) is 10.2 Å². The van der Waals surface area contributed by atoms with Crippen LogP contribution in [0.3, 0.4) is 0 Å². The van der Waals surface area contributed by atoms with Crippen molar-refractivity contribution in [2.45, 2.75) is 25.1 Å². The molecule has 196 valence electrons. The zero-order valence-electron chi connectivity index (χ0n) is 18.4. The SMILES string of the molecule is NC(COP(O)O)c1nnc(-c2ccc(OCCCCOc3cc(F)ccc3F)c(C(F)(F)F)c2)s1. The van der Waals surface area contributed by atoms with Gasteiger partial charge in [0.2, 0.25) is 0 Å². The lowest BCUT2D eigenvalue weighted by Gasteiger charge is -2.15. The van der Waals surface area contributed by atoms with Gasteiger partial charge < -0.3 is 29.5 Å². The number of unbranched alkanes of at least 4 members (excludes halogenated alkanes) is 1. The van der Waals surface area contributed by atoms with Crippen molar-refractivity contribution in [3.05, 3.63) is 58.6 Å². The first-order valence-electron chi connectivity index (χ1n) is 10.4. The highest BCUT2D eigenvalue weighted by atomic mass is 32.1. The van der Waals surface area contributed by atoms with Gasteiger partial charge in [0.05, 0.1) is 31.4 Å². The van der Waals surface area contributed by atoms with Crippen LogP contribution in [0.4, 0.5) is 22.0 Å². The molecule has 0 spiro atoms. The Labute approximate surface area is 207 Å². The van der Waals surface area contributed by atoms with Crippen LogP contribution in [0.25, 0.3) is 10.6 Å². The Hall–Kier alpha value is -2.48. The van der Waals surface area contributed by atoms with Crippen LogP contribution in [-0.4, -0.2) is 39.8 Å². The molecule has 15 heteroatoms. The molecule has 2 aromatic carbocycles.